The zero-order valence-electron chi connectivity index (χ0n) is 11.2. The first kappa shape index (κ1) is 13.3. The second-order valence-electron chi connectivity index (χ2n) is 5.53. The van der Waals surface area contributed by atoms with E-state index in [-0.39, 0.29) is 11.4 Å². The van der Waals surface area contributed by atoms with Gasteiger partial charge in [0.25, 0.3) is 0 Å². The van der Waals surface area contributed by atoms with Gasteiger partial charge in [0.2, 0.25) is 0 Å². The summed E-state index contributed by atoms with van der Waals surface area (Å²) >= 11 is 0. The van der Waals surface area contributed by atoms with Gasteiger partial charge in [-0.05, 0) is 32.1 Å². The molecule has 0 aromatic rings. The Labute approximate surface area is 99.1 Å². The SMILES string of the molecule is CCCC(=O)OCC1CC(=C(C)C)C1(C)C. The van der Waals surface area contributed by atoms with Gasteiger partial charge in [0.1, 0.15) is 0 Å². The Morgan fingerprint density at radius 1 is 1.44 bits per heavy atom. The summed E-state index contributed by atoms with van der Waals surface area (Å²) in [7, 11) is 0. The lowest BCUT2D eigenvalue weighted by Crippen LogP contribution is -2.41. The first-order chi connectivity index (χ1) is 7.39. The van der Waals surface area contributed by atoms with Crippen LogP contribution in [0.3, 0.4) is 0 Å². The predicted octanol–water partition coefficient (Wildman–Crippen LogP) is 3.71. The van der Waals surface area contributed by atoms with Gasteiger partial charge >= 0.3 is 5.97 Å². The molecule has 0 N–H and O–H groups in total. The van der Waals surface area contributed by atoms with Crippen LogP contribution in [0.2, 0.25) is 0 Å². The molecule has 2 nitrogen and oxygen atoms in total. The molecule has 1 unspecified atom stereocenters. The van der Waals surface area contributed by atoms with Crippen LogP contribution in [-0.4, -0.2) is 12.6 Å². The Morgan fingerprint density at radius 2 is 2.06 bits per heavy atom. The van der Waals surface area contributed by atoms with Crippen molar-refractivity contribution in [1.82, 2.24) is 0 Å². The third kappa shape index (κ3) is 2.66. The van der Waals surface area contributed by atoms with Crippen LogP contribution in [0.4, 0.5) is 0 Å². The van der Waals surface area contributed by atoms with Crippen molar-refractivity contribution >= 4 is 5.97 Å². The maximum absolute atomic E-state index is 11.3. The van der Waals surface area contributed by atoms with Crippen molar-refractivity contribution in [2.24, 2.45) is 11.3 Å². The normalized spacial score (nSPS) is 22.6. The van der Waals surface area contributed by atoms with Crippen molar-refractivity contribution in [3.05, 3.63) is 11.1 Å². The molecule has 1 fully saturated rings. The van der Waals surface area contributed by atoms with Crippen molar-refractivity contribution in [2.75, 3.05) is 6.61 Å². The maximum atomic E-state index is 11.3. The highest BCUT2D eigenvalue weighted by Crippen LogP contribution is 2.52. The van der Waals surface area contributed by atoms with E-state index in [1.807, 2.05) is 6.92 Å². The van der Waals surface area contributed by atoms with Crippen molar-refractivity contribution in [2.45, 2.75) is 53.9 Å². The monoisotopic (exact) mass is 224 g/mol. The van der Waals surface area contributed by atoms with Gasteiger partial charge in [-0.1, -0.05) is 31.9 Å². The predicted molar refractivity (Wildman–Crippen MR) is 66.1 cm³/mol. The van der Waals surface area contributed by atoms with Crippen LogP contribution in [0.15, 0.2) is 11.1 Å². The van der Waals surface area contributed by atoms with Crippen molar-refractivity contribution in [1.29, 1.82) is 0 Å². The van der Waals surface area contributed by atoms with E-state index in [2.05, 4.69) is 27.7 Å². The second kappa shape index (κ2) is 5.03. The number of carbonyl (C=O) groups is 1. The smallest absolute Gasteiger partial charge is 0.305 e. The zero-order chi connectivity index (χ0) is 12.3. The molecule has 0 bridgehead atoms. The molecule has 1 saturated carbocycles. The van der Waals surface area contributed by atoms with Gasteiger partial charge in [-0.2, -0.15) is 0 Å². The van der Waals surface area contributed by atoms with Crippen molar-refractivity contribution < 1.29 is 9.53 Å². The number of hydrogen-bond acceptors (Lipinski definition) is 2. The number of rotatable bonds is 4. The summed E-state index contributed by atoms with van der Waals surface area (Å²) < 4.78 is 5.29. The van der Waals surface area contributed by atoms with E-state index >= 15 is 0 Å². The Hall–Kier alpha value is -0.790. The van der Waals surface area contributed by atoms with E-state index in [1.165, 1.54) is 11.1 Å². The third-order valence-electron chi connectivity index (χ3n) is 3.75. The summed E-state index contributed by atoms with van der Waals surface area (Å²) in [5.74, 6) is 0.446. The van der Waals surface area contributed by atoms with E-state index in [4.69, 9.17) is 4.74 Å². The molecule has 16 heavy (non-hydrogen) atoms. The largest absolute Gasteiger partial charge is 0.465 e. The van der Waals surface area contributed by atoms with Gasteiger partial charge in [-0.3, -0.25) is 4.79 Å². The average molecular weight is 224 g/mol. The molecule has 0 spiro atoms. The quantitative estimate of drug-likeness (QED) is 0.537. The summed E-state index contributed by atoms with van der Waals surface area (Å²) in [5.41, 5.74) is 3.16. The molecule has 1 rings (SSSR count). The lowest BCUT2D eigenvalue weighted by molar-refractivity contribution is -0.147. The molecule has 0 aromatic carbocycles. The molecular weight excluding hydrogens is 200 g/mol. The highest BCUT2D eigenvalue weighted by atomic mass is 16.5. The third-order valence-corrected chi connectivity index (χ3v) is 3.75. The van der Waals surface area contributed by atoms with Gasteiger partial charge in [0.15, 0.2) is 0 Å². The fourth-order valence-electron chi connectivity index (χ4n) is 2.47. The summed E-state index contributed by atoms with van der Waals surface area (Å²) in [6.07, 6.45) is 2.50. The minimum atomic E-state index is -0.0519. The Kier molecular flexibility index (Phi) is 4.17. The Balaban J connectivity index is 2.43. The van der Waals surface area contributed by atoms with Crippen molar-refractivity contribution in [3.63, 3.8) is 0 Å². The fraction of sp³-hybridized carbons (Fsp3) is 0.786. The molecule has 0 amide bonds. The molecule has 1 atom stereocenters. The molecule has 2 heteroatoms. The van der Waals surface area contributed by atoms with E-state index in [0.29, 0.717) is 18.9 Å². The number of esters is 1. The molecule has 0 heterocycles. The Morgan fingerprint density at radius 3 is 2.50 bits per heavy atom. The van der Waals surface area contributed by atoms with E-state index in [1.54, 1.807) is 0 Å². The standard InChI is InChI=1S/C14H24O2/c1-6-7-13(15)16-9-11-8-12(10(2)3)14(11,4)5/h11H,6-9H2,1-5H3. The van der Waals surface area contributed by atoms with Gasteiger partial charge in [-0.25, -0.2) is 0 Å². The minimum Gasteiger partial charge on any atom is -0.465 e. The van der Waals surface area contributed by atoms with Crippen LogP contribution in [0.25, 0.3) is 0 Å². The summed E-state index contributed by atoms with van der Waals surface area (Å²) in [4.78, 5) is 11.3. The van der Waals surface area contributed by atoms with Gasteiger partial charge in [0, 0.05) is 12.3 Å². The average Bonchev–Trinajstić information content (AvgIpc) is 2.15. The topological polar surface area (TPSA) is 26.3 Å². The number of carbonyl (C=O) groups excluding carboxylic acids is 1. The molecule has 0 aliphatic heterocycles. The molecule has 1 aliphatic carbocycles. The molecule has 0 aromatic heterocycles. The Bertz CT molecular complexity index is 296. The lowest BCUT2D eigenvalue weighted by atomic mass is 9.58. The maximum Gasteiger partial charge on any atom is 0.305 e. The summed E-state index contributed by atoms with van der Waals surface area (Å²) in [6.45, 7) is 11.4. The molecule has 0 radical (unpaired) electrons. The van der Waals surface area contributed by atoms with Gasteiger partial charge in [-0.15, -0.1) is 0 Å². The van der Waals surface area contributed by atoms with E-state index in [0.717, 1.165) is 12.8 Å². The van der Waals surface area contributed by atoms with Crippen LogP contribution in [0, 0.1) is 11.3 Å². The van der Waals surface area contributed by atoms with Crippen molar-refractivity contribution in [3.8, 4) is 0 Å². The highest BCUT2D eigenvalue weighted by Gasteiger charge is 2.44. The van der Waals surface area contributed by atoms with Gasteiger partial charge < -0.3 is 4.74 Å². The summed E-state index contributed by atoms with van der Waals surface area (Å²) in [6, 6.07) is 0. The number of hydrogen-bond donors (Lipinski definition) is 0. The van der Waals surface area contributed by atoms with Crippen LogP contribution < -0.4 is 0 Å². The minimum absolute atomic E-state index is 0.0519. The van der Waals surface area contributed by atoms with Crippen LogP contribution in [0.5, 0.6) is 0 Å². The first-order valence-corrected chi connectivity index (χ1v) is 6.22. The van der Waals surface area contributed by atoms with Crippen LogP contribution in [0.1, 0.15) is 53.9 Å². The molecule has 0 saturated heterocycles. The van der Waals surface area contributed by atoms with E-state index in [9.17, 15) is 4.79 Å². The van der Waals surface area contributed by atoms with Crippen LogP contribution >= 0.6 is 0 Å². The lowest BCUT2D eigenvalue weighted by Gasteiger charge is -2.48. The van der Waals surface area contributed by atoms with Crippen LogP contribution in [-0.2, 0) is 9.53 Å². The number of allylic oxidation sites excluding steroid dienone is 2. The molecule has 1 aliphatic rings. The molecular formula is C14H24O2. The molecule has 92 valence electrons. The second-order valence-corrected chi connectivity index (χ2v) is 5.53. The summed E-state index contributed by atoms with van der Waals surface area (Å²) in [5, 5.41) is 0. The first-order valence-electron chi connectivity index (χ1n) is 6.22. The number of ether oxygens (including phenoxy) is 1. The van der Waals surface area contributed by atoms with Gasteiger partial charge in [0.05, 0.1) is 6.61 Å². The van der Waals surface area contributed by atoms with E-state index < -0.39 is 0 Å². The fourth-order valence-corrected chi connectivity index (χ4v) is 2.47. The zero-order valence-corrected chi connectivity index (χ0v) is 11.2. The highest BCUT2D eigenvalue weighted by molar-refractivity contribution is 5.69.